The van der Waals surface area contributed by atoms with Gasteiger partial charge in [-0.15, -0.1) is 0 Å². The maximum absolute atomic E-state index is 10.1. The first-order valence-electron chi connectivity index (χ1n) is 6.55. The normalized spacial score (nSPS) is 24.9. The molecule has 0 aromatic carbocycles. The Morgan fingerprint density at radius 1 is 0.895 bits per heavy atom. The Morgan fingerprint density at radius 2 is 1.26 bits per heavy atom. The monoisotopic (exact) mass is 279 g/mol. The molecule has 0 aliphatic rings. The molecule has 0 amide bonds. The molecule has 0 aliphatic heterocycles. The van der Waals surface area contributed by atoms with Crippen LogP contribution in [0.15, 0.2) is 0 Å². The second kappa shape index (κ2) is 6.94. The average molecular weight is 279 g/mol. The molecule has 0 saturated heterocycles. The minimum atomic E-state index is -1.65. The van der Waals surface area contributed by atoms with Gasteiger partial charge in [-0.25, -0.2) is 0 Å². The molecule has 0 saturated carbocycles. The molecule has 0 fully saturated rings. The summed E-state index contributed by atoms with van der Waals surface area (Å²) in [6.45, 7) is 6.25. The number of hydrogen-bond acceptors (Lipinski definition) is 7. The molecule has 0 bridgehead atoms. The predicted octanol–water partition coefficient (Wildman–Crippen LogP) is -2.51. The first kappa shape index (κ1) is 18.7. The minimum Gasteiger partial charge on any atom is -0.391 e. The minimum absolute atomic E-state index is 0.261. The molecule has 0 spiro atoms. The van der Waals surface area contributed by atoms with E-state index in [1.165, 1.54) is 27.7 Å². The second-order valence-electron chi connectivity index (χ2n) is 5.22. The van der Waals surface area contributed by atoms with E-state index in [0.717, 1.165) is 0 Å². The van der Waals surface area contributed by atoms with Crippen LogP contribution < -0.4 is 16.8 Å². The Kier molecular flexibility index (Phi) is 6.84. The van der Waals surface area contributed by atoms with Gasteiger partial charge in [0.1, 0.15) is 0 Å². The Hall–Kier alpha value is -0.280. The first-order chi connectivity index (χ1) is 8.58. The van der Waals surface area contributed by atoms with Gasteiger partial charge < -0.3 is 37.2 Å². The molecule has 116 valence electrons. The van der Waals surface area contributed by atoms with E-state index in [0.29, 0.717) is 0 Å². The fourth-order valence-electron chi connectivity index (χ4n) is 2.84. The molecule has 4 atom stereocenters. The molecular weight excluding hydrogens is 250 g/mol. The van der Waals surface area contributed by atoms with Crippen molar-refractivity contribution in [1.29, 1.82) is 0 Å². The number of aliphatic hydroxyl groups excluding tert-OH is 4. The quantitative estimate of drug-likeness (QED) is 0.260. The van der Waals surface area contributed by atoms with E-state index in [2.05, 4.69) is 5.32 Å². The van der Waals surface area contributed by atoms with E-state index >= 15 is 0 Å². The highest BCUT2D eigenvalue weighted by molar-refractivity contribution is 5.19. The summed E-state index contributed by atoms with van der Waals surface area (Å²) < 4.78 is 0. The van der Waals surface area contributed by atoms with Gasteiger partial charge >= 0.3 is 0 Å². The lowest BCUT2D eigenvalue weighted by molar-refractivity contribution is -0.131. The summed E-state index contributed by atoms with van der Waals surface area (Å²) in [4.78, 5) is 0. The van der Waals surface area contributed by atoms with Crippen molar-refractivity contribution in [2.24, 2.45) is 11.5 Å². The fourth-order valence-corrected chi connectivity index (χ4v) is 2.84. The van der Waals surface area contributed by atoms with Gasteiger partial charge in [0.05, 0.1) is 35.5 Å². The number of aliphatic hydroxyl groups is 4. The van der Waals surface area contributed by atoms with Gasteiger partial charge in [0.25, 0.3) is 0 Å². The third-order valence-electron chi connectivity index (χ3n) is 3.98. The SMILES string of the molecule is CC(O)C(N)(C(C)O)C(NCCN)(C(C)O)C(C)O. The molecule has 0 radical (unpaired) electrons. The summed E-state index contributed by atoms with van der Waals surface area (Å²) in [5.41, 5.74) is 8.48. The van der Waals surface area contributed by atoms with Gasteiger partial charge in [-0.05, 0) is 27.7 Å². The molecule has 7 nitrogen and oxygen atoms in total. The molecule has 19 heavy (non-hydrogen) atoms. The van der Waals surface area contributed by atoms with Crippen molar-refractivity contribution in [2.75, 3.05) is 13.1 Å². The van der Waals surface area contributed by atoms with Gasteiger partial charge in [-0.1, -0.05) is 0 Å². The summed E-state index contributed by atoms with van der Waals surface area (Å²) >= 11 is 0. The zero-order valence-corrected chi connectivity index (χ0v) is 12.2. The molecule has 9 N–H and O–H groups in total. The lowest BCUT2D eigenvalue weighted by atomic mass is 9.65. The highest BCUT2D eigenvalue weighted by atomic mass is 16.3. The maximum atomic E-state index is 10.1. The second-order valence-corrected chi connectivity index (χ2v) is 5.22. The number of nitrogens with two attached hydrogens (primary N) is 2. The van der Waals surface area contributed by atoms with Gasteiger partial charge in [0, 0.05) is 13.1 Å². The maximum Gasteiger partial charge on any atom is 0.0932 e. The predicted molar refractivity (Wildman–Crippen MR) is 73.4 cm³/mol. The standard InChI is InChI=1S/C12H29N3O4/c1-7(16)11(14,8(2)17)12(9(3)18,10(4)19)15-6-5-13/h7-10,15-19H,5-6,13-14H2,1-4H3. The molecule has 0 heterocycles. The number of rotatable bonds is 8. The van der Waals surface area contributed by atoms with Crippen LogP contribution in [0.25, 0.3) is 0 Å². The van der Waals surface area contributed by atoms with E-state index < -0.39 is 35.5 Å². The van der Waals surface area contributed by atoms with Crippen molar-refractivity contribution in [3.05, 3.63) is 0 Å². The Balaban J connectivity index is 5.90. The highest BCUT2D eigenvalue weighted by Gasteiger charge is 2.59. The van der Waals surface area contributed by atoms with Crippen LogP contribution in [-0.4, -0.2) is 69.0 Å². The van der Waals surface area contributed by atoms with Crippen molar-refractivity contribution in [3.63, 3.8) is 0 Å². The zero-order valence-electron chi connectivity index (χ0n) is 12.2. The van der Waals surface area contributed by atoms with Crippen molar-refractivity contribution in [2.45, 2.75) is 63.2 Å². The molecule has 4 unspecified atom stereocenters. The topological polar surface area (TPSA) is 145 Å². The van der Waals surface area contributed by atoms with Crippen molar-refractivity contribution in [1.82, 2.24) is 5.32 Å². The van der Waals surface area contributed by atoms with Crippen molar-refractivity contribution in [3.8, 4) is 0 Å². The molecule has 7 heteroatoms. The first-order valence-corrected chi connectivity index (χ1v) is 6.55. The summed E-state index contributed by atoms with van der Waals surface area (Å²) in [5, 5.41) is 43.2. The number of hydrogen-bond donors (Lipinski definition) is 7. The van der Waals surface area contributed by atoms with Crippen LogP contribution in [-0.2, 0) is 0 Å². The largest absolute Gasteiger partial charge is 0.391 e. The smallest absolute Gasteiger partial charge is 0.0932 e. The van der Waals surface area contributed by atoms with Crippen molar-refractivity contribution >= 4 is 0 Å². The van der Waals surface area contributed by atoms with E-state index in [-0.39, 0.29) is 13.1 Å². The lowest BCUT2D eigenvalue weighted by Gasteiger charge is -2.55. The molecule has 0 rings (SSSR count). The van der Waals surface area contributed by atoms with Gasteiger partial charge in [-0.3, -0.25) is 0 Å². The third-order valence-corrected chi connectivity index (χ3v) is 3.98. The summed E-state index contributed by atoms with van der Waals surface area (Å²) in [6, 6.07) is 0. The fraction of sp³-hybridized carbons (Fsp3) is 1.00. The number of nitrogens with one attached hydrogen (secondary N) is 1. The summed E-state index contributed by atoms with van der Waals surface area (Å²) in [6.07, 6.45) is -4.56. The Morgan fingerprint density at radius 3 is 1.47 bits per heavy atom. The van der Waals surface area contributed by atoms with Crippen LogP contribution >= 0.6 is 0 Å². The van der Waals surface area contributed by atoms with Crippen LogP contribution in [0, 0.1) is 0 Å². The van der Waals surface area contributed by atoms with Crippen LogP contribution in [0.1, 0.15) is 27.7 Å². The van der Waals surface area contributed by atoms with Gasteiger partial charge in [0.2, 0.25) is 0 Å². The van der Waals surface area contributed by atoms with Crippen LogP contribution in [0.5, 0.6) is 0 Å². The Bertz CT molecular complexity index is 254. The molecule has 0 aliphatic carbocycles. The summed E-state index contributed by atoms with van der Waals surface area (Å²) in [7, 11) is 0. The molecular formula is C12H29N3O4. The molecule has 0 aromatic heterocycles. The average Bonchev–Trinajstić information content (AvgIpc) is 2.27. The van der Waals surface area contributed by atoms with Crippen LogP contribution in [0.4, 0.5) is 0 Å². The van der Waals surface area contributed by atoms with Crippen molar-refractivity contribution < 1.29 is 20.4 Å². The van der Waals surface area contributed by atoms with Gasteiger partial charge in [0.15, 0.2) is 0 Å². The van der Waals surface area contributed by atoms with E-state index in [1.54, 1.807) is 0 Å². The van der Waals surface area contributed by atoms with Crippen LogP contribution in [0.2, 0.25) is 0 Å². The molecule has 0 aromatic rings. The van der Waals surface area contributed by atoms with E-state index in [9.17, 15) is 20.4 Å². The van der Waals surface area contributed by atoms with Crippen LogP contribution in [0.3, 0.4) is 0 Å². The third kappa shape index (κ3) is 3.08. The zero-order chi connectivity index (χ0) is 15.4. The Labute approximate surface area is 114 Å². The van der Waals surface area contributed by atoms with Gasteiger partial charge in [-0.2, -0.15) is 0 Å². The van der Waals surface area contributed by atoms with E-state index in [1.807, 2.05) is 0 Å². The lowest BCUT2D eigenvalue weighted by Crippen LogP contribution is -2.83. The van der Waals surface area contributed by atoms with E-state index in [4.69, 9.17) is 11.5 Å². The highest BCUT2D eigenvalue weighted by Crippen LogP contribution is 2.33. The summed E-state index contributed by atoms with van der Waals surface area (Å²) in [5.74, 6) is 0.